The third-order valence-corrected chi connectivity index (χ3v) is 5.67. The summed E-state index contributed by atoms with van der Waals surface area (Å²) in [4.78, 5) is 6.47. The van der Waals surface area contributed by atoms with Crippen LogP contribution in [-0.2, 0) is 18.4 Å². The van der Waals surface area contributed by atoms with Crippen molar-refractivity contribution in [2.75, 3.05) is 0 Å². The third kappa shape index (κ3) is 2.04. The molecule has 2 aliphatic rings. The molecule has 3 heteroatoms. The van der Waals surface area contributed by atoms with Crippen LogP contribution in [0.3, 0.4) is 0 Å². The molecule has 2 aliphatic carbocycles. The zero-order valence-electron chi connectivity index (χ0n) is 11.0. The fourth-order valence-corrected chi connectivity index (χ4v) is 3.95. The van der Waals surface area contributed by atoms with Gasteiger partial charge in [-0.25, -0.2) is 4.98 Å². The average Bonchev–Trinajstić information content (AvgIpc) is 2.81. The molecule has 0 bridgehead atoms. The van der Waals surface area contributed by atoms with Crippen LogP contribution in [0, 0.1) is 5.92 Å². The SMILES string of the molecule is CC(C)C(C)(NC1CC1)c1nc2c(s1)CCC2. The molecular formula is C14H22N2S. The zero-order chi connectivity index (χ0) is 12.0. The first-order valence-corrected chi connectivity index (χ1v) is 7.68. The highest BCUT2D eigenvalue weighted by molar-refractivity contribution is 7.12. The first kappa shape index (κ1) is 11.7. The van der Waals surface area contributed by atoms with Crippen LogP contribution in [0.15, 0.2) is 0 Å². The Morgan fingerprint density at radius 2 is 2.12 bits per heavy atom. The molecule has 0 radical (unpaired) electrons. The van der Waals surface area contributed by atoms with Gasteiger partial charge in [-0.15, -0.1) is 11.3 Å². The lowest BCUT2D eigenvalue weighted by molar-refractivity contribution is 0.261. The Kier molecular flexibility index (Phi) is 2.79. The number of hydrogen-bond acceptors (Lipinski definition) is 3. The lowest BCUT2D eigenvalue weighted by atomic mass is 9.89. The highest BCUT2D eigenvalue weighted by atomic mass is 32.1. The number of fused-ring (bicyclic) bond motifs is 1. The van der Waals surface area contributed by atoms with Crippen molar-refractivity contribution in [3.63, 3.8) is 0 Å². The van der Waals surface area contributed by atoms with Gasteiger partial charge in [0.2, 0.25) is 0 Å². The maximum atomic E-state index is 4.92. The van der Waals surface area contributed by atoms with Gasteiger partial charge in [0.25, 0.3) is 0 Å². The molecule has 1 N–H and O–H groups in total. The molecule has 0 amide bonds. The number of hydrogen-bond donors (Lipinski definition) is 1. The van der Waals surface area contributed by atoms with Crippen LogP contribution in [0.25, 0.3) is 0 Å². The van der Waals surface area contributed by atoms with Gasteiger partial charge in [-0.3, -0.25) is 0 Å². The highest BCUT2D eigenvalue weighted by Crippen LogP contribution is 2.39. The highest BCUT2D eigenvalue weighted by Gasteiger charge is 2.39. The van der Waals surface area contributed by atoms with Crippen molar-refractivity contribution in [2.45, 2.75) is 64.5 Å². The van der Waals surface area contributed by atoms with E-state index in [-0.39, 0.29) is 5.54 Å². The Labute approximate surface area is 108 Å². The molecule has 1 fully saturated rings. The normalized spacial score (nSPS) is 22.8. The minimum atomic E-state index is 0.0795. The quantitative estimate of drug-likeness (QED) is 0.887. The van der Waals surface area contributed by atoms with Gasteiger partial charge in [0.05, 0.1) is 11.2 Å². The number of aryl methyl sites for hydroxylation is 2. The summed E-state index contributed by atoms with van der Waals surface area (Å²) in [6.07, 6.45) is 6.44. The van der Waals surface area contributed by atoms with E-state index in [2.05, 4.69) is 26.1 Å². The summed E-state index contributed by atoms with van der Waals surface area (Å²) in [6.45, 7) is 6.95. The van der Waals surface area contributed by atoms with Crippen molar-refractivity contribution in [2.24, 2.45) is 5.92 Å². The zero-order valence-corrected chi connectivity index (χ0v) is 11.9. The number of aromatic nitrogens is 1. The first-order valence-electron chi connectivity index (χ1n) is 6.86. The lowest BCUT2D eigenvalue weighted by Gasteiger charge is -2.33. The Hall–Kier alpha value is -0.410. The van der Waals surface area contributed by atoms with Crippen molar-refractivity contribution >= 4 is 11.3 Å². The first-order chi connectivity index (χ1) is 8.09. The van der Waals surface area contributed by atoms with Crippen LogP contribution in [0.5, 0.6) is 0 Å². The van der Waals surface area contributed by atoms with Gasteiger partial charge in [-0.05, 0) is 44.9 Å². The Bertz CT molecular complexity index is 398. The smallest absolute Gasteiger partial charge is 0.113 e. The number of nitrogens with zero attached hydrogens (tertiary/aromatic N) is 1. The number of nitrogens with one attached hydrogen (secondary N) is 1. The van der Waals surface area contributed by atoms with E-state index in [1.54, 1.807) is 4.88 Å². The fraction of sp³-hybridized carbons (Fsp3) is 0.786. The summed E-state index contributed by atoms with van der Waals surface area (Å²) in [5.74, 6) is 0.592. The molecular weight excluding hydrogens is 228 g/mol. The molecule has 0 saturated heterocycles. The van der Waals surface area contributed by atoms with Gasteiger partial charge in [-0.1, -0.05) is 13.8 Å². The monoisotopic (exact) mass is 250 g/mol. The van der Waals surface area contributed by atoms with Gasteiger partial charge in [0.15, 0.2) is 0 Å². The van der Waals surface area contributed by atoms with Crippen LogP contribution in [-0.4, -0.2) is 11.0 Å². The molecule has 17 heavy (non-hydrogen) atoms. The molecule has 2 nitrogen and oxygen atoms in total. The summed E-state index contributed by atoms with van der Waals surface area (Å²) in [7, 11) is 0. The maximum Gasteiger partial charge on any atom is 0.113 e. The van der Waals surface area contributed by atoms with Crippen LogP contribution in [0.2, 0.25) is 0 Å². The molecule has 1 aromatic rings. The predicted octanol–water partition coefficient (Wildman–Crippen LogP) is 3.26. The van der Waals surface area contributed by atoms with E-state index >= 15 is 0 Å². The van der Waals surface area contributed by atoms with Gasteiger partial charge in [-0.2, -0.15) is 0 Å². The van der Waals surface area contributed by atoms with E-state index in [0.717, 1.165) is 6.04 Å². The number of rotatable bonds is 4. The summed E-state index contributed by atoms with van der Waals surface area (Å²) in [5, 5.41) is 5.14. The Morgan fingerprint density at radius 1 is 1.35 bits per heavy atom. The van der Waals surface area contributed by atoms with Crippen molar-refractivity contribution < 1.29 is 0 Å². The van der Waals surface area contributed by atoms with Crippen molar-refractivity contribution in [1.82, 2.24) is 10.3 Å². The van der Waals surface area contributed by atoms with Gasteiger partial charge in [0, 0.05) is 10.9 Å². The number of thiazole rings is 1. The maximum absolute atomic E-state index is 4.92. The average molecular weight is 250 g/mol. The molecule has 0 aromatic carbocycles. The van der Waals surface area contributed by atoms with E-state index in [0.29, 0.717) is 5.92 Å². The van der Waals surface area contributed by atoms with E-state index in [1.165, 1.54) is 42.8 Å². The van der Waals surface area contributed by atoms with Gasteiger partial charge >= 0.3 is 0 Å². The summed E-state index contributed by atoms with van der Waals surface area (Å²) in [6, 6.07) is 0.737. The summed E-state index contributed by atoms with van der Waals surface area (Å²) < 4.78 is 0. The summed E-state index contributed by atoms with van der Waals surface area (Å²) in [5.41, 5.74) is 1.46. The van der Waals surface area contributed by atoms with E-state index < -0.39 is 0 Å². The topological polar surface area (TPSA) is 24.9 Å². The molecule has 3 rings (SSSR count). The third-order valence-electron chi connectivity index (χ3n) is 4.28. The lowest BCUT2D eigenvalue weighted by Crippen LogP contribution is -2.45. The standard InChI is InChI=1S/C14H22N2S/c1-9(2)14(3,16-10-7-8-10)13-15-11-5-4-6-12(11)17-13/h9-10,16H,4-8H2,1-3H3. The van der Waals surface area contributed by atoms with Gasteiger partial charge < -0.3 is 5.32 Å². The van der Waals surface area contributed by atoms with Crippen molar-refractivity contribution in [1.29, 1.82) is 0 Å². The molecule has 1 unspecified atom stereocenters. The Balaban J connectivity index is 1.90. The predicted molar refractivity (Wildman–Crippen MR) is 72.5 cm³/mol. The molecule has 0 aliphatic heterocycles. The van der Waals surface area contributed by atoms with E-state index in [1.807, 2.05) is 11.3 Å². The van der Waals surface area contributed by atoms with Crippen LogP contribution < -0.4 is 5.32 Å². The molecule has 1 aromatic heterocycles. The molecule has 1 atom stereocenters. The van der Waals surface area contributed by atoms with E-state index in [9.17, 15) is 0 Å². The molecule has 0 spiro atoms. The molecule has 94 valence electrons. The van der Waals surface area contributed by atoms with Crippen molar-refractivity contribution in [3.05, 3.63) is 15.6 Å². The molecule has 1 heterocycles. The second kappa shape index (κ2) is 4.06. The van der Waals surface area contributed by atoms with Crippen LogP contribution >= 0.6 is 11.3 Å². The van der Waals surface area contributed by atoms with E-state index in [4.69, 9.17) is 4.98 Å². The van der Waals surface area contributed by atoms with Gasteiger partial charge in [0.1, 0.15) is 5.01 Å². The van der Waals surface area contributed by atoms with Crippen LogP contribution in [0.1, 0.15) is 55.6 Å². The molecule has 1 saturated carbocycles. The minimum Gasteiger partial charge on any atom is -0.303 e. The minimum absolute atomic E-state index is 0.0795. The van der Waals surface area contributed by atoms with Crippen molar-refractivity contribution in [3.8, 4) is 0 Å². The largest absolute Gasteiger partial charge is 0.303 e. The fourth-order valence-electron chi connectivity index (χ4n) is 2.54. The summed E-state index contributed by atoms with van der Waals surface area (Å²) >= 11 is 1.95. The Morgan fingerprint density at radius 3 is 2.71 bits per heavy atom. The second-order valence-corrected chi connectivity index (χ2v) is 7.10. The van der Waals surface area contributed by atoms with Crippen LogP contribution in [0.4, 0.5) is 0 Å². The second-order valence-electron chi connectivity index (χ2n) is 6.02.